The van der Waals surface area contributed by atoms with E-state index in [1.165, 1.54) is 6.07 Å². The van der Waals surface area contributed by atoms with Crippen LogP contribution in [0.3, 0.4) is 0 Å². The van der Waals surface area contributed by atoms with Crippen LogP contribution in [-0.2, 0) is 14.8 Å². The molecule has 0 unspecified atom stereocenters. The predicted octanol–water partition coefficient (Wildman–Crippen LogP) is 3.18. The van der Waals surface area contributed by atoms with Crippen molar-refractivity contribution in [3.05, 3.63) is 54.6 Å². The fourth-order valence-electron chi connectivity index (χ4n) is 1.95. The fraction of sp³-hybridized carbons (Fsp3) is 0.188. The van der Waals surface area contributed by atoms with Gasteiger partial charge in [0.25, 0.3) is 10.0 Å². The molecule has 0 aromatic heterocycles. The maximum absolute atomic E-state index is 12.4. The molecule has 2 aromatic carbocycles. The van der Waals surface area contributed by atoms with Crippen LogP contribution in [-0.4, -0.2) is 21.1 Å². The Labute approximate surface area is 130 Å². The number of carbonyl (C=O) groups excluding carboxylic acids is 1. The van der Waals surface area contributed by atoms with Gasteiger partial charge in [-0.3, -0.25) is 0 Å². The molecule has 0 saturated heterocycles. The third kappa shape index (κ3) is 3.85. The molecule has 0 bridgehead atoms. The lowest BCUT2D eigenvalue weighted by atomic mass is 10.1. The van der Waals surface area contributed by atoms with E-state index in [-0.39, 0.29) is 11.5 Å². The minimum atomic E-state index is -3.99. The van der Waals surface area contributed by atoms with Crippen LogP contribution in [0.5, 0.6) is 0 Å². The summed E-state index contributed by atoms with van der Waals surface area (Å²) in [5.41, 5.74) is 1.28. The van der Waals surface area contributed by atoms with Crippen LogP contribution in [0.15, 0.2) is 59.5 Å². The lowest BCUT2D eigenvalue weighted by molar-refractivity contribution is 0.152. The topological polar surface area (TPSA) is 72.5 Å². The molecule has 0 spiro atoms. The van der Waals surface area contributed by atoms with Gasteiger partial charge >= 0.3 is 6.09 Å². The average Bonchev–Trinajstić information content (AvgIpc) is 2.53. The Balaban J connectivity index is 2.34. The first-order valence-electron chi connectivity index (χ1n) is 6.88. The van der Waals surface area contributed by atoms with E-state index in [1.807, 2.05) is 42.0 Å². The largest absolute Gasteiger partial charge is 0.449 e. The zero-order valence-electron chi connectivity index (χ0n) is 12.2. The van der Waals surface area contributed by atoms with E-state index in [0.29, 0.717) is 12.0 Å². The first-order valence-corrected chi connectivity index (χ1v) is 8.37. The standard InChI is InChI=1S/C16H17NO4S/c1-2-12-21-16(18)17-22(19,20)15-11-7-6-10-14(15)13-8-4-3-5-9-13/h3-11H,2,12H2,1H3,(H,17,18). The monoisotopic (exact) mass is 319 g/mol. The summed E-state index contributed by atoms with van der Waals surface area (Å²) >= 11 is 0. The van der Waals surface area contributed by atoms with Gasteiger partial charge in [0.05, 0.1) is 11.5 Å². The van der Waals surface area contributed by atoms with Gasteiger partial charge in [-0.05, 0) is 18.1 Å². The minimum Gasteiger partial charge on any atom is -0.449 e. The molecule has 5 nitrogen and oxygen atoms in total. The SMILES string of the molecule is CCCOC(=O)NS(=O)(=O)c1ccccc1-c1ccccc1. The van der Waals surface area contributed by atoms with Crippen molar-refractivity contribution in [2.24, 2.45) is 0 Å². The Kier molecular flexibility index (Phi) is 5.16. The molecule has 1 amide bonds. The molecule has 0 aliphatic heterocycles. The van der Waals surface area contributed by atoms with Crippen LogP contribution in [0.25, 0.3) is 11.1 Å². The summed E-state index contributed by atoms with van der Waals surface area (Å²) < 4.78 is 31.5. The molecule has 0 heterocycles. The number of amides is 1. The van der Waals surface area contributed by atoms with E-state index in [9.17, 15) is 13.2 Å². The summed E-state index contributed by atoms with van der Waals surface area (Å²) in [7, 11) is -3.99. The molecule has 116 valence electrons. The zero-order chi connectivity index (χ0) is 16.0. The van der Waals surface area contributed by atoms with Crippen LogP contribution in [0.1, 0.15) is 13.3 Å². The Morgan fingerprint density at radius 2 is 1.68 bits per heavy atom. The van der Waals surface area contributed by atoms with E-state index < -0.39 is 16.1 Å². The minimum absolute atomic E-state index is 0.0367. The lowest BCUT2D eigenvalue weighted by Crippen LogP contribution is -2.31. The summed E-state index contributed by atoms with van der Waals surface area (Å²) in [4.78, 5) is 11.6. The van der Waals surface area contributed by atoms with Crippen LogP contribution >= 0.6 is 0 Å². The summed E-state index contributed by atoms with van der Waals surface area (Å²) in [5, 5.41) is 0. The summed E-state index contributed by atoms with van der Waals surface area (Å²) in [6.45, 7) is 1.99. The molecule has 2 aromatic rings. The maximum atomic E-state index is 12.4. The van der Waals surface area contributed by atoms with Crippen molar-refractivity contribution >= 4 is 16.1 Å². The van der Waals surface area contributed by atoms with Crippen molar-refractivity contribution < 1.29 is 17.9 Å². The predicted molar refractivity (Wildman–Crippen MR) is 83.8 cm³/mol. The van der Waals surface area contributed by atoms with Crippen molar-refractivity contribution in [1.29, 1.82) is 0 Å². The molecule has 0 aliphatic rings. The van der Waals surface area contributed by atoms with Crippen molar-refractivity contribution in [2.75, 3.05) is 6.61 Å². The molecule has 1 N–H and O–H groups in total. The van der Waals surface area contributed by atoms with Crippen molar-refractivity contribution in [2.45, 2.75) is 18.2 Å². The lowest BCUT2D eigenvalue weighted by Gasteiger charge is -2.11. The van der Waals surface area contributed by atoms with E-state index >= 15 is 0 Å². The second-order valence-electron chi connectivity index (χ2n) is 4.60. The second kappa shape index (κ2) is 7.09. The number of sulfonamides is 1. The fourth-order valence-corrected chi connectivity index (χ4v) is 3.07. The van der Waals surface area contributed by atoms with Gasteiger partial charge in [0.1, 0.15) is 0 Å². The second-order valence-corrected chi connectivity index (χ2v) is 6.25. The molecular weight excluding hydrogens is 302 g/mol. The first-order chi connectivity index (χ1) is 10.5. The average molecular weight is 319 g/mol. The molecule has 2 rings (SSSR count). The zero-order valence-corrected chi connectivity index (χ0v) is 13.0. The molecule has 6 heteroatoms. The smallest absolute Gasteiger partial charge is 0.421 e. The highest BCUT2D eigenvalue weighted by molar-refractivity contribution is 7.90. The van der Waals surface area contributed by atoms with Crippen LogP contribution in [0.2, 0.25) is 0 Å². The number of nitrogens with one attached hydrogen (secondary N) is 1. The Morgan fingerprint density at radius 1 is 1.05 bits per heavy atom. The molecule has 0 radical (unpaired) electrons. The third-order valence-corrected chi connectivity index (χ3v) is 4.29. The van der Waals surface area contributed by atoms with E-state index in [2.05, 4.69) is 0 Å². The normalized spacial score (nSPS) is 11.0. The summed E-state index contributed by atoms with van der Waals surface area (Å²) in [6.07, 6.45) is -0.349. The van der Waals surface area contributed by atoms with Gasteiger partial charge in [0, 0.05) is 5.56 Å². The van der Waals surface area contributed by atoms with Crippen molar-refractivity contribution in [3.8, 4) is 11.1 Å². The molecular formula is C16H17NO4S. The number of hydrogen-bond donors (Lipinski definition) is 1. The highest BCUT2D eigenvalue weighted by Gasteiger charge is 2.22. The van der Waals surface area contributed by atoms with Crippen LogP contribution in [0.4, 0.5) is 4.79 Å². The number of hydrogen-bond acceptors (Lipinski definition) is 4. The molecule has 0 atom stereocenters. The van der Waals surface area contributed by atoms with E-state index in [4.69, 9.17) is 4.74 Å². The molecule has 22 heavy (non-hydrogen) atoms. The van der Waals surface area contributed by atoms with E-state index in [0.717, 1.165) is 5.56 Å². The Bertz CT molecular complexity index is 742. The van der Waals surface area contributed by atoms with Crippen molar-refractivity contribution in [3.63, 3.8) is 0 Å². The highest BCUT2D eigenvalue weighted by Crippen LogP contribution is 2.26. The maximum Gasteiger partial charge on any atom is 0.421 e. The van der Waals surface area contributed by atoms with Gasteiger partial charge in [-0.1, -0.05) is 55.5 Å². The molecule has 0 aliphatic carbocycles. The number of benzene rings is 2. The Hall–Kier alpha value is -2.34. The number of ether oxygens (including phenoxy) is 1. The van der Waals surface area contributed by atoms with Gasteiger partial charge < -0.3 is 4.74 Å². The highest BCUT2D eigenvalue weighted by atomic mass is 32.2. The van der Waals surface area contributed by atoms with Gasteiger partial charge in [-0.25, -0.2) is 17.9 Å². The molecule has 0 fully saturated rings. The van der Waals surface area contributed by atoms with Gasteiger partial charge in [0.2, 0.25) is 0 Å². The van der Waals surface area contributed by atoms with Crippen molar-refractivity contribution in [1.82, 2.24) is 4.72 Å². The van der Waals surface area contributed by atoms with Gasteiger partial charge in [-0.2, -0.15) is 0 Å². The third-order valence-electron chi connectivity index (χ3n) is 2.92. The van der Waals surface area contributed by atoms with E-state index in [1.54, 1.807) is 18.2 Å². The summed E-state index contributed by atoms with van der Waals surface area (Å²) in [6, 6.07) is 15.6. The van der Waals surface area contributed by atoms with Crippen LogP contribution < -0.4 is 4.72 Å². The van der Waals surface area contributed by atoms with Gasteiger partial charge in [0.15, 0.2) is 0 Å². The number of rotatable bonds is 5. The van der Waals surface area contributed by atoms with Crippen LogP contribution in [0, 0.1) is 0 Å². The summed E-state index contributed by atoms with van der Waals surface area (Å²) in [5.74, 6) is 0. The first kappa shape index (κ1) is 16.0. The Morgan fingerprint density at radius 3 is 2.36 bits per heavy atom. The van der Waals surface area contributed by atoms with Gasteiger partial charge in [-0.15, -0.1) is 0 Å². The number of carbonyl (C=O) groups is 1. The quantitative estimate of drug-likeness (QED) is 0.918. The molecule has 0 saturated carbocycles.